The number of aryl methyl sites for hydroxylation is 1. The van der Waals surface area contributed by atoms with Crippen LogP contribution in [0.5, 0.6) is 0 Å². The molecule has 14 heavy (non-hydrogen) atoms. The lowest BCUT2D eigenvalue weighted by Gasteiger charge is -2.21. The summed E-state index contributed by atoms with van der Waals surface area (Å²) in [6.07, 6.45) is 3.33. The van der Waals surface area contributed by atoms with E-state index < -0.39 is 0 Å². The lowest BCUT2D eigenvalue weighted by atomic mass is 9.94. The Morgan fingerprint density at radius 2 is 1.79 bits per heavy atom. The van der Waals surface area contributed by atoms with E-state index in [1.807, 2.05) is 0 Å². The lowest BCUT2D eigenvalue weighted by Crippen LogP contribution is -2.29. The van der Waals surface area contributed by atoms with Crippen molar-refractivity contribution in [3.05, 3.63) is 11.6 Å². The van der Waals surface area contributed by atoms with Crippen molar-refractivity contribution in [3.63, 3.8) is 0 Å². The van der Waals surface area contributed by atoms with Crippen LogP contribution >= 0.6 is 0 Å². The van der Waals surface area contributed by atoms with E-state index in [2.05, 4.69) is 25.7 Å². The van der Waals surface area contributed by atoms with E-state index in [0.717, 1.165) is 25.3 Å². The molecule has 1 aromatic rings. The van der Waals surface area contributed by atoms with E-state index in [4.69, 9.17) is 0 Å². The minimum atomic E-state index is 0.638. The maximum absolute atomic E-state index is 4.03. The van der Waals surface area contributed by atoms with Gasteiger partial charge in [0.15, 0.2) is 11.6 Å². The van der Waals surface area contributed by atoms with Crippen LogP contribution in [0.1, 0.15) is 24.5 Å². The van der Waals surface area contributed by atoms with Gasteiger partial charge >= 0.3 is 0 Å². The Labute approximate surface area is 83.3 Å². The molecular formula is C9H15N5. The van der Waals surface area contributed by atoms with Crippen LogP contribution in [0, 0.1) is 12.8 Å². The molecule has 0 unspecified atom stereocenters. The molecule has 0 amide bonds. The third-order valence-corrected chi connectivity index (χ3v) is 2.55. The molecular weight excluding hydrogens is 178 g/mol. The Morgan fingerprint density at radius 1 is 1.14 bits per heavy atom. The first-order valence-electron chi connectivity index (χ1n) is 5.08. The maximum atomic E-state index is 4.03. The molecule has 1 aromatic heterocycles. The first kappa shape index (κ1) is 9.45. The van der Waals surface area contributed by atoms with Gasteiger partial charge in [-0.1, -0.05) is 0 Å². The fourth-order valence-electron chi connectivity index (χ4n) is 1.73. The van der Waals surface area contributed by atoms with Crippen molar-refractivity contribution < 1.29 is 0 Å². The van der Waals surface area contributed by atoms with E-state index in [1.165, 1.54) is 12.8 Å². The van der Waals surface area contributed by atoms with Crippen LogP contribution in [0.4, 0.5) is 0 Å². The smallest absolute Gasteiger partial charge is 0.173 e. The van der Waals surface area contributed by atoms with Gasteiger partial charge in [0.05, 0.1) is 0 Å². The normalized spacial score (nSPS) is 18.4. The van der Waals surface area contributed by atoms with Crippen LogP contribution in [-0.2, 0) is 6.42 Å². The highest BCUT2D eigenvalue weighted by Crippen LogP contribution is 2.14. The molecule has 5 heteroatoms. The molecule has 0 saturated carbocycles. The summed E-state index contributed by atoms with van der Waals surface area (Å²) >= 11 is 0. The fraction of sp³-hybridized carbons (Fsp3) is 0.778. The van der Waals surface area contributed by atoms with Crippen LogP contribution in [0.15, 0.2) is 0 Å². The molecule has 0 aromatic carbocycles. The molecule has 1 fully saturated rings. The number of hydrogen-bond donors (Lipinski definition) is 1. The molecule has 2 heterocycles. The molecule has 0 atom stereocenters. The quantitative estimate of drug-likeness (QED) is 0.722. The van der Waals surface area contributed by atoms with Crippen LogP contribution in [0.2, 0.25) is 0 Å². The van der Waals surface area contributed by atoms with Gasteiger partial charge in [0.2, 0.25) is 0 Å². The molecule has 0 radical (unpaired) electrons. The minimum Gasteiger partial charge on any atom is -0.317 e. The summed E-state index contributed by atoms with van der Waals surface area (Å²) in [7, 11) is 0. The number of nitrogens with one attached hydrogen (secondary N) is 1. The van der Waals surface area contributed by atoms with Crippen LogP contribution in [0.3, 0.4) is 0 Å². The topological polar surface area (TPSA) is 63.6 Å². The molecule has 1 aliphatic heterocycles. The highest BCUT2D eigenvalue weighted by atomic mass is 15.3. The predicted molar refractivity (Wildman–Crippen MR) is 51.7 cm³/mol. The van der Waals surface area contributed by atoms with Crippen LogP contribution in [0.25, 0.3) is 0 Å². The number of rotatable bonds is 2. The third-order valence-electron chi connectivity index (χ3n) is 2.55. The van der Waals surface area contributed by atoms with Gasteiger partial charge in [-0.05, 0) is 38.8 Å². The van der Waals surface area contributed by atoms with Crippen molar-refractivity contribution in [2.45, 2.75) is 26.2 Å². The summed E-state index contributed by atoms with van der Waals surface area (Å²) in [6, 6.07) is 0. The van der Waals surface area contributed by atoms with Crippen LogP contribution < -0.4 is 5.32 Å². The largest absolute Gasteiger partial charge is 0.317 e. The molecule has 1 N–H and O–H groups in total. The van der Waals surface area contributed by atoms with Gasteiger partial charge in [0.1, 0.15) is 0 Å². The first-order chi connectivity index (χ1) is 6.84. The Balaban J connectivity index is 1.92. The SMILES string of the molecule is Cc1nnc(CC2CCNCC2)nn1. The number of aromatic nitrogens is 4. The number of piperidine rings is 1. The zero-order valence-electron chi connectivity index (χ0n) is 8.40. The minimum absolute atomic E-state index is 0.638. The second-order valence-corrected chi connectivity index (χ2v) is 3.76. The van der Waals surface area contributed by atoms with Gasteiger partial charge < -0.3 is 5.32 Å². The standard InChI is InChI=1S/C9H15N5/c1-7-11-13-9(14-12-7)6-8-2-4-10-5-3-8/h8,10H,2-6H2,1H3. The predicted octanol–water partition coefficient (Wildman–Crippen LogP) is 0.117. The van der Waals surface area contributed by atoms with Crippen molar-refractivity contribution in [3.8, 4) is 0 Å². The monoisotopic (exact) mass is 193 g/mol. The van der Waals surface area contributed by atoms with Gasteiger partial charge in [-0.25, -0.2) is 0 Å². The molecule has 1 aliphatic rings. The summed E-state index contributed by atoms with van der Waals surface area (Å²) in [6.45, 7) is 4.02. The Kier molecular flexibility index (Phi) is 2.98. The summed E-state index contributed by atoms with van der Waals surface area (Å²) in [4.78, 5) is 0. The average molecular weight is 193 g/mol. The van der Waals surface area contributed by atoms with Gasteiger partial charge in [-0.2, -0.15) is 0 Å². The summed E-state index contributed by atoms with van der Waals surface area (Å²) in [5.74, 6) is 2.11. The molecule has 0 bridgehead atoms. The van der Waals surface area contributed by atoms with E-state index in [-0.39, 0.29) is 0 Å². The van der Waals surface area contributed by atoms with Crippen molar-refractivity contribution in [2.75, 3.05) is 13.1 Å². The van der Waals surface area contributed by atoms with Gasteiger partial charge in [-0.15, -0.1) is 20.4 Å². The Hall–Kier alpha value is -1.10. The third kappa shape index (κ3) is 2.45. The molecule has 0 aliphatic carbocycles. The van der Waals surface area contributed by atoms with Crippen molar-refractivity contribution in [1.82, 2.24) is 25.7 Å². The van der Waals surface area contributed by atoms with Crippen molar-refractivity contribution in [1.29, 1.82) is 0 Å². The van der Waals surface area contributed by atoms with E-state index in [1.54, 1.807) is 6.92 Å². The molecule has 5 nitrogen and oxygen atoms in total. The maximum Gasteiger partial charge on any atom is 0.173 e. The van der Waals surface area contributed by atoms with Crippen LogP contribution in [-0.4, -0.2) is 33.5 Å². The van der Waals surface area contributed by atoms with E-state index in [0.29, 0.717) is 11.7 Å². The average Bonchev–Trinajstić information content (AvgIpc) is 2.23. The zero-order valence-corrected chi connectivity index (χ0v) is 8.40. The molecule has 2 rings (SSSR count). The van der Waals surface area contributed by atoms with Crippen molar-refractivity contribution >= 4 is 0 Å². The number of hydrogen-bond acceptors (Lipinski definition) is 5. The molecule has 1 saturated heterocycles. The van der Waals surface area contributed by atoms with Gasteiger partial charge in [-0.3, -0.25) is 0 Å². The lowest BCUT2D eigenvalue weighted by molar-refractivity contribution is 0.364. The zero-order chi connectivity index (χ0) is 9.80. The van der Waals surface area contributed by atoms with Gasteiger partial charge in [0.25, 0.3) is 0 Å². The van der Waals surface area contributed by atoms with Gasteiger partial charge in [0, 0.05) is 6.42 Å². The number of nitrogens with zero attached hydrogens (tertiary/aromatic N) is 4. The Bertz CT molecular complexity index is 278. The van der Waals surface area contributed by atoms with E-state index >= 15 is 0 Å². The molecule has 76 valence electrons. The first-order valence-corrected chi connectivity index (χ1v) is 5.08. The highest BCUT2D eigenvalue weighted by Gasteiger charge is 2.15. The molecule has 0 spiro atoms. The fourth-order valence-corrected chi connectivity index (χ4v) is 1.73. The van der Waals surface area contributed by atoms with E-state index in [9.17, 15) is 0 Å². The highest BCUT2D eigenvalue weighted by molar-refractivity contribution is 4.84. The second-order valence-electron chi connectivity index (χ2n) is 3.76. The second kappa shape index (κ2) is 4.41. The summed E-state index contributed by atoms with van der Waals surface area (Å²) in [5.41, 5.74) is 0. The Morgan fingerprint density at radius 3 is 2.43 bits per heavy atom. The summed E-state index contributed by atoms with van der Waals surface area (Å²) in [5, 5.41) is 19.2. The van der Waals surface area contributed by atoms with Crippen molar-refractivity contribution in [2.24, 2.45) is 5.92 Å². The summed E-state index contributed by atoms with van der Waals surface area (Å²) < 4.78 is 0.